The number of hydrogen-bond acceptors (Lipinski definition) is 3. The number of fused-ring (bicyclic) bond motifs is 1. The van der Waals surface area contributed by atoms with Gasteiger partial charge in [0.25, 0.3) is 0 Å². The monoisotopic (exact) mass is 251 g/mol. The SMILES string of the molecule is COc1ccc2c(c1)C(N)C(SC(C)C)CC2. The van der Waals surface area contributed by atoms with E-state index in [0.29, 0.717) is 10.5 Å². The van der Waals surface area contributed by atoms with Gasteiger partial charge in [0.05, 0.1) is 7.11 Å². The first-order valence-electron chi connectivity index (χ1n) is 6.19. The van der Waals surface area contributed by atoms with Gasteiger partial charge in [0, 0.05) is 11.3 Å². The van der Waals surface area contributed by atoms with E-state index in [4.69, 9.17) is 10.5 Å². The summed E-state index contributed by atoms with van der Waals surface area (Å²) in [4.78, 5) is 0. The van der Waals surface area contributed by atoms with Crippen LogP contribution in [-0.2, 0) is 6.42 Å². The molecule has 0 heterocycles. The molecule has 1 aromatic carbocycles. The van der Waals surface area contributed by atoms with Gasteiger partial charge in [-0.15, -0.1) is 0 Å². The second-order valence-corrected chi connectivity index (χ2v) is 6.67. The number of methoxy groups -OCH3 is 1. The van der Waals surface area contributed by atoms with E-state index >= 15 is 0 Å². The number of ether oxygens (including phenoxy) is 1. The Morgan fingerprint density at radius 3 is 2.82 bits per heavy atom. The lowest BCUT2D eigenvalue weighted by Crippen LogP contribution is -2.30. The van der Waals surface area contributed by atoms with Gasteiger partial charge in [-0.3, -0.25) is 0 Å². The van der Waals surface area contributed by atoms with Crippen molar-refractivity contribution >= 4 is 11.8 Å². The van der Waals surface area contributed by atoms with E-state index in [1.165, 1.54) is 17.5 Å². The Morgan fingerprint density at radius 2 is 2.18 bits per heavy atom. The average Bonchev–Trinajstić information content (AvgIpc) is 2.32. The fourth-order valence-corrected chi connectivity index (χ4v) is 3.69. The van der Waals surface area contributed by atoms with Crippen molar-refractivity contribution in [3.63, 3.8) is 0 Å². The molecule has 0 bridgehead atoms. The Labute approximate surface area is 108 Å². The van der Waals surface area contributed by atoms with Gasteiger partial charge in [-0.05, 0) is 41.4 Å². The molecule has 2 nitrogen and oxygen atoms in total. The van der Waals surface area contributed by atoms with E-state index in [9.17, 15) is 0 Å². The lowest BCUT2D eigenvalue weighted by atomic mass is 9.87. The Morgan fingerprint density at radius 1 is 1.41 bits per heavy atom. The van der Waals surface area contributed by atoms with Crippen LogP contribution in [0.25, 0.3) is 0 Å². The molecule has 0 spiro atoms. The second kappa shape index (κ2) is 5.32. The largest absolute Gasteiger partial charge is 0.497 e. The summed E-state index contributed by atoms with van der Waals surface area (Å²) in [6.07, 6.45) is 2.32. The van der Waals surface area contributed by atoms with Crippen LogP contribution in [0.15, 0.2) is 18.2 Å². The molecule has 1 aliphatic carbocycles. The molecular weight excluding hydrogens is 230 g/mol. The van der Waals surface area contributed by atoms with Gasteiger partial charge in [-0.25, -0.2) is 0 Å². The Kier molecular flexibility index (Phi) is 4.00. The van der Waals surface area contributed by atoms with Crippen LogP contribution in [-0.4, -0.2) is 17.6 Å². The van der Waals surface area contributed by atoms with Crippen molar-refractivity contribution in [1.29, 1.82) is 0 Å². The summed E-state index contributed by atoms with van der Waals surface area (Å²) in [5.74, 6) is 0.911. The van der Waals surface area contributed by atoms with Crippen molar-refractivity contribution in [1.82, 2.24) is 0 Å². The fourth-order valence-electron chi connectivity index (χ4n) is 2.42. The van der Waals surface area contributed by atoms with Crippen molar-refractivity contribution in [2.75, 3.05) is 7.11 Å². The number of nitrogens with two attached hydrogens (primary N) is 1. The van der Waals surface area contributed by atoms with Crippen LogP contribution in [0.1, 0.15) is 37.4 Å². The van der Waals surface area contributed by atoms with Crippen molar-refractivity contribution in [3.05, 3.63) is 29.3 Å². The molecule has 0 radical (unpaired) electrons. The van der Waals surface area contributed by atoms with Gasteiger partial charge >= 0.3 is 0 Å². The van der Waals surface area contributed by atoms with E-state index in [1.807, 2.05) is 17.8 Å². The van der Waals surface area contributed by atoms with Crippen LogP contribution in [0, 0.1) is 0 Å². The molecule has 2 N–H and O–H groups in total. The number of aryl methyl sites for hydroxylation is 1. The number of hydrogen-bond donors (Lipinski definition) is 1. The zero-order valence-corrected chi connectivity index (χ0v) is 11.6. The van der Waals surface area contributed by atoms with Crippen LogP contribution in [0.2, 0.25) is 0 Å². The molecule has 2 unspecified atom stereocenters. The van der Waals surface area contributed by atoms with Crippen molar-refractivity contribution in [2.24, 2.45) is 5.73 Å². The van der Waals surface area contributed by atoms with Crippen LogP contribution < -0.4 is 10.5 Å². The zero-order valence-electron chi connectivity index (χ0n) is 10.8. The Balaban J connectivity index is 2.23. The van der Waals surface area contributed by atoms with E-state index in [1.54, 1.807) is 7.11 Å². The van der Waals surface area contributed by atoms with Gasteiger partial charge in [0.2, 0.25) is 0 Å². The van der Waals surface area contributed by atoms with Gasteiger partial charge in [-0.2, -0.15) is 11.8 Å². The standard InChI is InChI=1S/C14H21NOS/c1-9(2)17-13-7-5-10-4-6-11(16-3)8-12(10)14(13)15/h4,6,8-9,13-14H,5,7,15H2,1-3H3. The van der Waals surface area contributed by atoms with Gasteiger partial charge in [0.1, 0.15) is 5.75 Å². The minimum atomic E-state index is 0.140. The van der Waals surface area contributed by atoms with Crippen molar-refractivity contribution in [2.45, 2.75) is 43.2 Å². The third kappa shape index (κ3) is 2.78. The number of thioether (sulfide) groups is 1. The predicted octanol–water partition coefficient (Wildman–Crippen LogP) is 3.15. The molecule has 3 heteroatoms. The molecule has 0 amide bonds. The molecule has 0 aromatic heterocycles. The Hall–Kier alpha value is -0.670. The quantitative estimate of drug-likeness (QED) is 0.896. The minimum Gasteiger partial charge on any atom is -0.497 e. The topological polar surface area (TPSA) is 35.2 Å². The lowest BCUT2D eigenvalue weighted by Gasteiger charge is -2.32. The smallest absolute Gasteiger partial charge is 0.119 e. The fraction of sp³-hybridized carbons (Fsp3) is 0.571. The molecule has 1 aliphatic rings. The molecule has 17 heavy (non-hydrogen) atoms. The summed E-state index contributed by atoms with van der Waals surface area (Å²) >= 11 is 1.99. The third-order valence-electron chi connectivity index (χ3n) is 3.26. The summed E-state index contributed by atoms with van der Waals surface area (Å²) in [5.41, 5.74) is 9.05. The molecule has 0 saturated carbocycles. The molecule has 0 saturated heterocycles. The first-order chi connectivity index (χ1) is 8.11. The summed E-state index contributed by atoms with van der Waals surface area (Å²) in [7, 11) is 1.70. The van der Waals surface area contributed by atoms with E-state index in [2.05, 4.69) is 26.0 Å². The first kappa shape index (κ1) is 12.8. The summed E-state index contributed by atoms with van der Waals surface area (Å²) in [6.45, 7) is 4.47. The second-order valence-electron chi connectivity index (χ2n) is 4.85. The minimum absolute atomic E-state index is 0.140. The van der Waals surface area contributed by atoms with Gasteiger partial charge in [-0.1, -0.05) is 19.9 Å². The van der Waals surface area contributed by atoms with Gasteiger partial charge < -0.3 is 10.5 Å². The summed E-state index contributed by atoms with van der Waals surface area (Å²) < 4.78 is 5.28. The average molecular weight is 251 g/mol. The van der Waals surface area contributed by atoms with Crippen LogP contribution in [0.4, 0.5) is 0 Å². The van der Waals surface area contributed by atoms with E-state index in [-0.39, 0.29) is 6.04 Å². The van der Waals surface area contributed by atoms with Crippen LogP contribution in [0.3, 0.4) is 0 Å². The summed E-state index contributed by atoms with van der Waals surface area (Å²) in [6, 6.07) is 6.43. The maximum Gasteiger partial charge on any atom is 0.119 e. The first-order valence-corrected chi connectivity index (χ1v) is 7.14. The zero-order chi connectivity index (χ0) is 12.4. The molecule has 2 atom stereocenters. The molecular formula is C14H21NOS. The van der Waals surface area contributed by atoms with Gasteiger partial charge in [0.15, 0.2) is 0 Å². The lowest BCUT2D eigenvalue weighted by molar-refractivity contribution is 0.412. The molecule has 0 aliphatic heterocycles. The molecule has 1 aromatic rings. The normalized spacial score (nSPS) is 23.6. The van der Waals surface area contributed by atoms with E-state index < -0.39 is 0 Å². The van der Waals surface area contributed by atoms with Crippen molar-refractivity contribution < 1.29 is 4.74 Å². The Bertz CT molecular complexity index is 392. The molecule has 2 rings (SSSR count). The van der Waals surface area contributed by atoms with E-state index in [0.717, 1.165) is 12.2 Å². The molecule has 0 fully saturated rings. The highest BCUT2D eigenvalue weighted by atomic mass is 32.2. The predicted molar refractivity (Wildman–Crippen MR) is 74.8 cm³/mol. The molecule has 94 valence electrons. The number of rotatable bonds is 3. The third-order valence-corrected chi connectivity index (χ3v) is 4.68. The van der Waals surface area contributed by atoms with Crippen molar-refractivity contribution in [3.8, 4) is 5.75 Å². The highest BCUT2D eigenvalue weighted by Crippen LogP contribution is 2.38. The highest BCUT2D eigenvalue weighted by Gasteiger charge is 2.27. The van der Waals surface area contributed by atoms with Crippen LogP contribution in [0.5, 0.6) is 5.75 Å². The maximum atomic E-state index is 6.39. The van der Waals surface area contributed by atoms with Crippen LogP contribution >= 0.6 is 11.8 Å². The maximum absolute atomic E-state index is 6.39. The number of benzene rings is 1. The highest BCUT2D eigenvalue weighted by molar-refractivity contribution is 8.00. The summed E-state index contributed by atoms with van der Waals surface area (Å²) in [5, 5.41) is 1.17.